The number of piperidine rings is 1. The minimum absolute atomic E-state index is 0.0109. The summed E-state index contributed by atoms with van der Waals surface area (Å²) in [5, 5.41) is 3.55. The lowest BCUT2D eigenvalue weighted by Gasteiger charge is -2.39. The van der Waals surface area contributed by atoms with Crippen LogP contribution in [0, 0.1) is 5.92 Å². The van der Waals surface area contributed by atoms with Gasteiger partial charge in [-0.25, -0.2) is 21.1 Å². The highest BCUT2D eigenvalue weighted by molar-refractivity contribution is 7.88. The third kappa shape index (κ3) is 7.53. The van der Waals surface area contributed by atoms with Crippen molar-refractivity contribution < 1.29 is 16.8 Å². The van der Waals surface area contributed by atoms with E-state index >= 15 is 0 Å². The Balaban J connectivity index is 1.66. The van der Waals surface area contributed by atoms with Gasteiger partial charge in [-0.3, -0.25) is 0 Å². The van der Waals surface area contributed by atoms with E-state index in [0.29, 0.717) is 26.2 Å². The Hall–Kier alpha value is -1.94. The molecule has 188 valence electrons. The molecule has 0 aromatic heterocycles. The van der Waals surface area contributed by atoms with Crippen molar-refractivity contribution in [3.05, 3.63) is 65.7 Å². The molecule has 0 saturated carbocycles. The molecule has 0 spiro atoms. The Morgan fingerprint density at radius 3 is 2.06 bits per heavy atom. The lowest BCUT2D eigenvalue weighted by molar-refractivity contribution is 0.270. The van der Waals surface area contributed by atoms with Crippen LogP contribution in [0.15, 0.2) is 54.6 Å². The maximum absolute atomic E-state index is 13.2. The van der Waals surface area contributed by atoms with Gasteiger partial charge in [-0.15, -0.1) is 0 Å². The topological polar surface area (TPSA) is 86.8 Å². The Bertz CT molecular complexity index is 1140. The predicted octanol–water partition coefficient (Wildman–Crippen LogP) is 3.90. The number of nitrogens with zero attached hydrogens (tertiary/aromatic N) is 2. The summed E-state index contributed by atoms with van der Waals surface area (Å²) in [6.07, 6.45) is 2.70. The summed E-state index contributed by atoms with van der Waals surface area (Å²) in [5.41, 5.74) is 2.47. The number of hydrogen-bond donors (Lipinski definition) is 1. The van der Waals surface area contributed by atoms with Gasteiger partial charge in [0, 0.05) is 37.4 Å². The maximum atomic E-state index is 13.2. The van der Waals surface area contributed by atoms with Gasteiger partial charge in [0.15, 0.2) is 0 Å². The Morgan fingerprint density at radius 1 is 0.941 bits per heavy atom. The molecule has 0 radical (unpaired) electrons. The van der Waals surface area contributed by atoms with Gasteiger partial charge < -0.3 is 5.32 Å². The molecular formula is C25H37N3O4S2. The van der Waals surface area contributed by atoms with Gasteiger partial charge in [0.25, 0.3) is 0 Å². The van der Waals surface area contributed by atoms with E-state index in [1.54, 1.807) is 4.31 Å². The lowest BCUT2D eigenvalue weighted by Crippen LogP contribution is -2.48. The molecule has 0 atom stereocenters. The molecule has 3 rings (SSSR count). The largest absolute Gasteiger partial charge is 0.380 e. The summed E-state index contributed by atoms with van der Waals surface area (Å²) in [6, 6.07) is 17.1. The Labute approximate surface area is 205 Å². The van der Waals surface area contributed by atoms with Crippen LogP contribution in [0.2, 0.25) is 0 Å². The van der Waals surface area contributed by atoms with E-state index in [9.17, 15) is 16.8 Å². The van der Waals surface area contributed by atoms with Crippen molar-refractivity contribution in [3.8, 4) is 0 Å². The molecule has 34 heavy (non-hydrogen) atoms. The van der Waals surface area contributed by atoms with Crippen LogP contribution in [-0.2, 0) is 32.3 Å². The third-order valence-electron chi connectivity index (χ3n) is 6.21. The van der Waals surface area contributed by atoms with E-state index in [1.165, 1.54) is 10.6 Å². The molecule has 1 heterocycles. The molecule has 0 bridgehead atoms. The molecule has 2 aromatic carbocycles. The van der Waals surface area contributed by atoms with Gasteiger partial charge >= 0.3 is 0 Å². The van der Waals surface area contributed by atoms with Gasteiger partial charge in [-0.1, -0.05) is 56.3 Å². The van der Waals surface area contributed by atoms with Crippen molar-refractivity contribution >= 4 is 25.7 Å². The van der Waals surface area contributed by atoms with Crippen LogP contribution in [0.25, 0.3) is 0 Å². The molecule has 1 aliphatic rings. The summed E-state index contributed by atoms with van der Waals surface area (Å²) in [6.45, 7) is 7.95. The van der Waals surface area contributed by atoms with E-state index in [0.717, 1.165) is 29.7 Å². The normalized spacial score (nSPS) is 17.2. The van der Waals surface area contributed by atoms with Crippen LogP contribution >= 0.6 is 0 Å². The number of hydrogen-bond acceptors (Lipinski definition) is 5. The van der Waals surface area contributed by atoms with Crippen molar-refractivity contribution in [3.63, 3.8) is 0 Å². The molecule has 1 fully saturated rings. The number of anilines is 1. The first-order chi connectivity index (χ1) is 15.9. The molecule has 1 saturated heterocycles. The smallest absolute Gasteiger partial charge is 0.218 e. The summed E-state index contributed by atoms with van der Waals surface area (Å²) in [7, 11) is -6.62. The first-order valence-electron chi connectivity index (χ1n) is 11.7. The summed E-state index contributed by atoms with van der Waals surface area (Å²) >= 11 is 0. The molecule has 2 aromatic rings. The zero-order chi connectivity index (χ0) is 25.0. The zero-order valence-electron chi connectivity index (χ0n) is 20.6. The lowest BCUT2D eigenvalue weighted by atomic mass is 9.90. The van der Waals surface area contributed by atoms with Crippen molar-refractivity contribution in [2.75, 3.05) is 31.2 Å². The molecule has 1 N–H and O–H groups in total. The Morgan fingerprint density at radius 2 is 1.53 bits per heavy atom. The number of benzene rings is 2. The Kier molecular flexibility index (Phi) is 8.44. The number of nitrogens with one attached hydrogen (secondary N) is 1. The molecule has 9 heteroatoms. The van der Waals surface area contributed by atoms with Gasteiger partial charge in [-0.2, -0.15) is 4.31 Å². The number of rotatable bonds is 10. The van der Waals surface area contributed by atoms with Gasteiger partial charge in [-0.05, 0) is 48.9 Å². The van der Waals surface area contributed by atoms with Crippen molar-refractivity contribution in [2.45, 2.75) is 51.4 Å². The molecule has 0 aliphatic carbocycles. The van der Waals surface area contributed by atoms with Gasteiger partial charge in [0.2, 0.25) is 20.0 Å². The number of sulfonamides is 2. The third-order valence-corrected chi connectivity index (χ3v) is 9.27. The first-order valence-corrected chi connectivity index (χ1v) is 15.2. The minimum Gasteiger partial charge on any atom is -0.380 e. The second-order valence-electron chi connectivity index (χ2n) is 9.97. The van der Waals surface area contributed by atoms with Crippen LogP contribution < -0.4 is 5.32 Å². The highest BCUT2D eigenvalue weighted by Crippen LogP contribution is 2.28. The zero-order valence-corrected chi connectivity index (χ0v) is 22.2. The van der Waals surface area contributed by atoms with E-state index < -0.39 is 20.0 Å². The van der Waals surface area contributed by atoms with E-state index in [4.69, 9.17) is 0 Å². The van der Waals surface area contributed by atoms with E-state index in [1.807, 2.05) is 68.4 Å². The molecule has 0 amide bonds. The highest BCUT2D eigenvalue weighted by Gasteiger charge is 2.33. The van der Waals surface area contributed by atoms with E-state index in [2.05, 4.69) is 12.2 Å². The average molecular weight is 508 g/mol. The van der Waals surface area contributed by atoms with Crippen LogP contribution in [0.5, 0.6) is 0 Å². The quantitative estimate of drug-likeness (QED) is 0.527. The fraction of sp³-hybridized carbons (Fsp3) is 0.520. The summed E-state index contributed by atoms with van der Waals surface area (Å²) in [4.78, 5) is 0. The first kappa shape index (κ1) is 26.7. The van der Waals surface area contributed by atoms with Crippen molar-refractivity contribution in [2.24, 2.45) is 5.92 Å². The molecule has 0 unspecified atom stereocenters. The SMILES string of the molecule is CC(C)CN(Cc1ccc(NC2(C)CCN(S(C)(=O)=O)CC2)cc1)S(=O)(=O)Cc1ccccc1. The van der Waals surface area contributed by atoms with Gasteiger partial charge in [0.1, 0.15) is 0 Å². The fourth-order valence-electron chi connectivity index (χ4n) is 4.24. The monoisotopic (exact) mass is 507 g/mol. The second-order valence-corrected chi connectivity index (χ2v) is 13.9. The van der Waals surface area contributed by atoms with Crippen LogP contribution in [-0.4, -0.2) is 56.9 Å². The maximum Gasteiger partial charge on any atom is 0.218 e. The molecule has 1 aliphatic heterocycles. The van der Waals surface area contributed by atoms with Crippen LogP contribution in [0.3, 0.4) is 0 Å². The highest BCUT2D eigenvalue weighted by atomic mass is 32.2. The summed E-state index contributed by atoms with van der Waals surface area (Å²) in [5.74, 6) is 0.201. The predicted molar refractivity (Wildman–Crippen MR) is 138 cm³/mol. The molecule has 7 nitrogen and oxygen atoms in total. The second kappa shape index (κ2) is 10.8. The van der Waals surface area contributed by atoms with Gasteiger partial charge in [0.05, 0.1) is 12.0 Å². The summed E-state index contributed by atoms with van der Waals surface area (Å²) < 4.78 is 53.0. The van der Waals surface area contributed by atoms with Crippen molar-refractivity contribution in [1.82, 2.24) is 8.61 Å². The minimum atomic E-state index is -3.46. The van der Waals surface area contributed by atoms with Crippen molar-refractivity contribution in [1.29, 1.82) is 0 Å². The van der Waals surface area contributed by atoms with E-state index in [-0.39, 0.29) is 17.2 Å². The van der Waals surface area contributed by atoms with Crippen LogP contribution in [0.4, 0.5) is 5.69 Å². The standard InChI is InChI=1S/C25H37N3O4S2/c1-21(2)18-28(34(31,32)20-23-8-6-5-7-9-23)19-22-10-12-24(13-11-22)26-25(3)14-16-27(17-15-25)33(4,29)30/h5-13,21,26H,14-20H2,1-4H3. The molecular weight excluding hydrogens is 470 g/mol. The fourth-order valence-corrected chi connectivity index (χ4v) is 6.75. The average Bonchev–Trinajstić information content (AvgIpc) is 2.74. The van der Waals surface area contributed by atoms with Crippen LogP contribution in [0.1, 0.15) is 44.7 Å².